The van der Waals surface area contributed by atoms with Crippen molar-refractivity contribution in [2.75, 3.05) is 12.3 Å². The lowest BCUT2D eigenvalue weighted by Gasteiger charge is -2.28. The first-order chi connectivity index (χ1) is 10.1. The Hall–Kier alpha value is -1.69. The maximum absolute atomic E-state index is 12.2. The summed E-state index contributed by atoms with van der Waals surface area (Å²) in [7, 11) is 0. The minimum absolute atomic E-state index is 0.127. The Kier molecular flexibility index (Phi) is 5.12. The van der Waals surface area contributed by atoms with Crippen molar-refractivity contribution in [2.24, 2.45) is 0 Å². The van der Waals surface area contributed by atoms with Crippen LogP contribution in [0.15, 0.2) is 24.3 Å². The summed E-state index contributed by atoms with van der Waals surface area (Å²) in [5.41, 5.74) is 0.670. The van der Waals surface area contributed by atoms with Crippen molar-refractivity contribution in [3.8, 4) is 5.75 Å². The van der Waals surface area contributed by atoms with Crippen LogP contribution in [0, 0.1) is 0 Å². The lowest BCUT2D eigenvalue weighted by atomic mass is 10.1. The molecule has 1 heterocycles. The van der Waals surface area contributed by atoms with Crippen LogP contribution in [0.2, 0.25) is 0 Å². The van der Waals surface area contributed by atoms with Crippen LogP contribution in [0.4, 0.5) is 0 Å². The molecule has 2 atom stereocenters. The average Bonchev–Trinajstić information content (AvgIpc) is 2.90. The molecule has 0 unspecified atom stereocenters. The molecule has 5 nitrogen and oxygen atoms in total. The summed E-state index contributed by atoms with van der Waals surface area (Å²) < 4.78 is 0. The summed E-state index contributed by atoms with van der Waals surface area (Å²) in [6.07, 6.45) is 0.856. The molecule has 0 aromatic heterocycles. The lowest BCUT2D eigenvalue weighted by molar-refractivity contribution is -0.138. The molecule has 0 spiro atoms. The topological polar surface area (TPSA) is 69.6 Å². The second-order valence-corrected chi connectivity index (χ2v) is 6.09. The Morgan fingerprint density at radius 3 is 2.76 bits per heavy atom. The maximum atomic E-state index is 12.2. The van der Waals surface area contributed by atoms with E-state index in [9.17, 15) is 14.7 Å². The number of para-hydroxylation sites is 1. The zero-order valence-corrected chi connectivity index (χ0v) is 13.0. The first-order valence-electron chi connectivity index (χ1n) is 7.02. The molecule has 0 bridgehead atoms. The van der Waals surface area contributed by atoms with Gasteiger partial charge in [0.2, 0.25) is 11.8 Å². The number of rotatable bonds is 4. The van der Waals surface area contributed by atoms with E-state index in [0.717, 1.165) is 6.42 Å². The maximum Gasteiger partial charge on any atom is 0.243 e. The molecule has 1 fully saturated rings. The van der Waals surface area contributed by atoms with Gasteiger partial charge in [-0.05, 0) is 12.5 Å². The van der Waals surface area contributed by atoms with Crippen molar-refractivity contribution < 1.29 is 14.7 Å². The predicted molar refractivity (Wildman–Crippen MR) is 82.9 cm³/mol. The zero-order valence-electron chi connectivity index (χ0n) is 12.2. The quantitative estimate of drug-likeness (QED) is 0.891. The third-order valence-corrected chi connectivity index (χ3v) is 4.72. The van der Waals surface area contributed by atoms with Crippen molar-refractivity contribution in [1.29, 1.82) is 0 Å². The SMILES string of the molecule is CCCNC(=O)[C@@H]1CS[C@@H](c2ccccc2O)N1C(C)=O. The molecule has 2 amide bonds. The van der Waals surface area contributed by atoms with Gasteiger partial charge in [0.1, 0.15) is 17.2 Å². The molecule has 114 valence electrons. The number of nitrogens with zero attached hydrogens (tertiary/aromatic N) is 1. The number of hydrogen-bond donors (Lipinski definition) is 2. The van der Waals surface area contributed by atoms with Gasteiger partial charge in [0.25, 0.3) is 0 Å². The highest BCUT2D eigenvalue weighted by Gasteiger charge is 2.41. The number of carbonyl (C=O) groups is 2. The highest BCUT2D eigenvalue weighted by Crippen LogP contribution is 2.44. The minimum atomic E-state index is -0.483. The van der Waals surface area contributed by atoms with E-state index < -0.39 is 6.04 Å². The van der Waals surface area contributed by atoms with Crippen LogP contribution in [-0.2, 0) is 9.59 Å². The Labute approximate surface area is 128 Å². The van der Waals surface area contributed by atoms with Gasteiger partial charge >= 0.3 is 0 Å². The second kappa shape index (κ2) is 6.85. The normalized spacial score (nSPS) is 21.3. The highest BCUT2D eigenvalue weighted by molar-refractivity contribution is 7.99. The molecule has 21 heavy (non-hydrogen) atoms. The molecule has 2 rings (SSSR count). The first kappa shape index (κ1) is 15.7. The number of benzene rings is 1. The molecule has 1 aliphatic rings. The van der Waals surface area contributed by atoms with Gasteiger partial charge in [-0.2, -0.15) is 0 Å². The van der Waals surface area contributed by atoms with Crippen LogP contribution < -0.4 is 5.32 Å². The summed E-state index contributed by atoms with van der Waals surface area (Å²) in [6.45, 7) is 4.04. The third kappa shape index (κ3) is 3.32. The molecule has 2 N–H and O–H groups in total. The summed E-state index contributed by atoms with van der Waals surface area (Å²) in [5, 5.41) is 12.5. The molecule has 1 saturated heterocycles. The number of thioether (sulfide) groups is 1. The Morgan fingerprint density at radius 1 is 1.43 bits per heavy atom. The number of phenolic OH excluding ortho intramolecular Hbond substituents is 1. The van der Waals surface area contributed by atoms with E-state index in [-0.39, 0.29) is 22.9 Å². The number of amides is 2. The molecule has 0 radical (unpaired) electrons. The fourth-order valence-electron chi connectivity index (χ4n) is 2.39. The summed E-state index contributed by atoms with van der Waals surface area (Å²) in [4.78, 5) is 25.7. The molecule has 1 aromatic carbocycles. The van der Waals surface area contributed by atoms with E-state index in [2.05, 4.69) is 5.32 Å². The van der Waals surface area contributed by atoms with Crippen LogP contribution in [0.3, 0.4) is 0 Å². The predicted octanol–water partition coefficient (Wildman–Crippen LogP) is 1.88. The molecule has 6 heteroatoms. The molecule has 1 aromatic rings. The minimum Gasteiger partial charge on any atom is -0.508 e. The second-order valence-electron chi connectivity index (χ2n) is 4.98. The Bertz CT molecular complexity index is 535. The first-order valence-corrected chi connectivity index (χ1v) is 8.07. The standard InChI is InChI=1S/C15H20N2O3S/c1-3-8-16-14(20)12-9-21-15(17(12)10(2)18)11-6-4-5-7-13(11)19/h4-7,12,15,19H,3,8-9H2,1-2H3,(H,16,20)/t12-,15-/m0/s1. The fourth-order valence-corrected chi connectivity index (χ4v) is 3.91. The zero-order chi connectivity index (χ0) is 15.4. The van der Waals surface area contributed by atoms with E-state index in [1.165, 1.54) is 18.7 Å². The van der Waals surface area contributed by atoms with Crippen molar-refractivity contribution in [3.63, 3.8) is 0 Å². The van der Waals surface area contributed by atoms with E-state index in [0.29, 0.717) is 17.9 Å². The van der Waals surface area contributed by atoms with Crippen LogP contribution in [0.5, 0.6) is 5.75 Å². The number of nitrogens with one attached hydrogen (secondary N) is 1. The fraction of sp³-hybridized carbons (Fsp3) is 0.467. The summed E-state index contributed by atoms with van der Waals surface area (Å²) >= 11 is 1.50. The molecular formula is C15H20N2O3S. The molecule has 0 saturated carbocycles. The number of hydrogen-bond acceptors (Lipinski definition) is 4. The highest BCUT2D eigenvalue weighted by atomic mass is 32.2. The van der Waals surface area contributed by atoms with Gasteiger partial charge in [0, 0.05) is 24.8 Å². The van der Waals surface area contributed by atoms with Crippen molar-refractivity contribution in [3.05, 3.63) is 29.8 Å². The van der Waals surface area contributed by atoms with Crippen LogP contribution in [-0.4, -0.2) is 40.2 Å². The summed E-state index contributed by atoms with van der Waals surface area (Å²) in [6, 6.07) is 6.46. The summed E-state index contributed by atoms with van der Waals surface area (Å²) in [5.74, 6) is 0.395. The number of carbonyl (C=O) groups excluding carboxylic acids is 2. The van der Waals surface area contributed by atoms with Gasteiger partial charge in [-0.25, -0.2) is 0 Å². The molecule has 0 aliphatic carbocycles. The number of phenols is 1. The lowest BCUT2D eigenvalue weighted by Crippen LogP contribution is -2.47. The largest absolute Gasteiger partial charge is 0.508 e. The van der Waals surface area contributed by atoms with Crippen molar-refractivity contribution >= 4 is 23.6 Å². The van der Waals surface area contributed by atoms with Crippen LogP contribution >= 0.6 is 11.8 Å². The Morgan fingerprint density at radius 2 is 2.14 bits per heavy atom. The van der Waals surface area contributed by atoms with Gasteiger partial charge < -0.3 is 15.3 Å². The number of aromatic hydroxyl groups is 1. The average molecular weight is 308 g/mol. The molecular weight excluding hydrogens is 288 g/mol. The van der Waals surface area contributed by atoms with Gasteiger partial charge in [0.05, 0.1) is 0 Å². The van der Waals surface area contributed by atoms with E-state index >= 15 is 0 Å². The smallest absolute Gasteiger partial charge is 0.243 e. The van der Waals surface area contributed by atoms with Crippen molar-refractivity contribution in [2.45, 2.75) is 31.7 Å². The Balaban J connectivity index is 2.23. The van der Waals surface area contributed by atoms with Gasteiger partial charge in [-0.1, -0.05) is 25.1 Å². The van der Waals surface area contributed by atoms with E-state index in [4.69, 9.17) is 0 Å². The van der Waals surface area contributed by atoms with Crippen LogP contribution in [0.25, 0.3) is 0 Å². The molecule has 1 aliphatic heterocycles. The van der Waals surface area contributed by atoms with Gasteiger partial charge in [0.15, 0.2) is 0 Å². The van der Waals surface area contributed by atoms with E-state index in [1.54, 1.807) is 23.1 Å². The van der Waals surface area contributed by atoms with Gasteiger partial charge in [-0.15, -0.1) is 11.8 Å². The van der Waals surface area contributed by atoms with Gasteiger partial charge in [-0.3, -0.25) is 9.59 Å². The van der Waals surface area contributed by atoms with Crippen molar-refractivity contribution in [1.82, 2.24) is 10.2 Å². The van der Waals surface area contributed by atoms with Crippen LogP contribution in [0.1, 0.15) is 31.2 Å². The third-order valence-electron chi connectivity index (χ3n) is 3.42. The van der Waals surface area contributed by atoms with E-state index in [1.807, 2.05) is 13.0 Å². The monoisotopic (exact) mass is 308 g/mol.